The van der Waals surface area contributed by atoms with E-state index in [1.165, 1.54) is 0 Å². The first-order valence-corrected chi connectivity index (χ1v) is 8.19. The summed E-state index contributed by atoms with van der Waals surface area (Å²) in [5, 5.41) is 0. The number of cyclic esters (lactones) is 1. The second-order valence-electron chi connectivity index (χ2n) is 5.27. The molecule has 2 aromatic rings. The number of benzene rings is 2. The van der Waals surface area contributed by atoms with Crippen LogP contribution in [-0.4, -0.2) is 25.1 Å². The molecule has 1 aliphatic rings. The monoisotopic (exact) mass is 337 g/mol. The number of carbonyl (C=O) groups excluding carboxylic acids is 1. The third-order valence-electron chi connectivity index (χ3n) is 3.51. The van der Waals surface area contributed by atoms with E-state index in [0.717, 1.165) is 11.1 Å². The fourth-order valence-corrected chi connectivity index (χ4v) is 2.43. The molecule has 128 valence electrons. The van der Waals surface area contributed by atoms with Gasteiger partial charge in [-0.1, -0.05) is 24.3 Å². The van der Waals surface area contributed by atoms with Crippen molar-refractivity contribution < 1.29 is 19.0 Å². The summed E-state index contributed by atoms with van der Waals surface area (Å²) in [4.78, 5) is 16.4. The van der Waals surface area contributed by atoms with Gasteiger partial charge in [-0.3, -0.25) is 0 Å². The summed E-state index contributed by atoms with van der Waals surface area (Å²) >= 11 is 0. The Morgan fingerprint density at radius 2 is 1.72 bits per heavy atom. The lowest BCUT2D eigenvalue weighted by Crippen LogP contribution is -2.05. The van der Waals surface area contributed by atoms with Crippen molar-refractivity contribution in [1.29, 1.82) is 0 Å². The van der Waals surface area contributed by atoms with E-state index in [0.29, 0.717) is 30.6 Å². The Labute approximate surface area is 146 Å². The summed E-state index contributed by atoms with van der Waals surface area (Å²) in [5.41, 5.74) is 1.81. The summed E-state index contributed by atoms with van der Waals surface area (Å²) in [7, 11) is 0. The highest BCUT2D eigenvalue weighted by Gasteiger charge is 2.24. The van der Waals surface area contributed by atoms with Crippen LogP contribution in [0.4, 0.5) is 0 Å². The van der Waals surface area contributed by atoms with Crippen molar-refractivity contribution in [2.45, 2.75) is 13.8 Å². The van der Waals surface area contributed by atoms with Gasteiger partial charge in [-0.05, 0) is 49.8 Å². The highest BCUT2D eigenvalue weighted by atomic mass is 16.6. The molecule has 0 amide bonds. The first-order valence-electron chi connectivity index (χ1n) is 8.19. The number of nitrogens with zero attached hydrogens (tertiary/aromatic N) is 1. The van der Waals surface area contributed by atoms with Gasteiger partial charge in [0.2, 0.25) is 5.90 Å². The van der Waals surface area contributed by atoms with Gasteiger partial charge in [0.05, 0.1) is 13.2 Å². The number of carbonyl (C=O) groups is 1. The van der Waals surface area contributed by atoms with E-state index in [1.807, 2.05) is 62.4 Å². The lowest BCUT2D eigenvalue weighted by Gasteiger charge is -2.11. The maximum Gasteiger partial charge on any atom is 0.363 e. The standard InChI is InChI=1S/C20H19NO4/c1-3-23-17-11-10-14(13-18(17)24-4-2)12-16-20(22)25-19(21-16)15-8-6-5-7-9-15/h5-13H,3-4H2,1-2H3/b16-12+. The average molecular weight is 337 g/mol. The SMILES string of the molecule is CCOc1ccc(/C=C2/N=C(c3ccccc3)OC2=O)cc1OCC. The third-order valence-corrected chi connectivity index (χ3v) is 3.51. The van der Waals surface area contributed by atoms with Gasteiger partial charge in [-0.15, -0.1) is 0 Å². The zero-order chi connectivity index (χ0) is 17.6. The van der Waals surface area contributed by atoms with E-state index in [1.54, 1.807) is 6.08 Å². The molecule has 3 rings (SSSR count). The van der Waals surface area contributed by atoms with Gasteiger partial charge < -0.3 is 14.2 Å². The van der Waals surface area contributed by atoms with Crippen LogP contribution in [-0.2, 0) is 9.53 Å². The fourth-order valence-electron chi connectivity index (χ4n) is 2.43. The Hall–Kier alpha value is -3.08. The Kier molecular flexibility index (Phi) is 5.14. The summed E-state index contributed by atoms with van der Waals surface area (Å²) in [5.74, 6) is 1.16. The zero-order valence-corrected chi connectivity index (χ0v) is 14.2. The van der Waals surface area contributed by atoms with Crippen molar-refractivity contribution >= 4 is 17.9 Å². The zero-order valence-electron chi connectivity index (χ0n) is 14.2. The van der Waals surface area contributed by atoms with Gasteiger partial charge in [-0.25, -0.2) is 9.79 Å². The molecule has 0 saturated carbocycles. The fraction of sp³-hybridized carbons (Fsp3) is 0.200. The van der Waals surface area contributed by atoms with Crippen molar-refractivity contribution in [3.8, 4) is 11.5 Å². The molecule has 2 aromatic carbocycles. The molecule has 1 heterocycles. The van der Waals surface area contributed by atoms with Crippen molar-refractivity contribution in [3.05, 3.63) is 65.4 Å². The molecule has 0 saturated heterocycles. The summed E-state index contributed by atoms with van der Waals surface area (Å²) in [6.45, 7) is 4.90. The minimum atomic E-state index is -0.467. The van der Waals surface area contributed by atoms with E-state index in [2.05, 4.69) is 4.99 Å². The highest BCUT2D eigenvalue weighted by molar-refractivity contribution is 6.12. The van der Waals surface area contributed by atoms with Gasteiger partial charge in [0, 0.05) is 5.56 Å². The van der Waals surface area contributed by atoms with Crippen LogP contribution in [0.25, 0.3) is 6.08 Å². The molecule has 0 aromatic heterocycles. The molecule has 0 N–H and O–H groups in total. The van der Waals surface area contributed by atoms with Crippen LogP contribution in [0.15, 0.2) is 59.2 Å². The van der Waals surface area contributed by atoms with Crippen LogP contribution < -0.4 is 9.47 Å². The Bertz CT molecular complexity index is 825. The van der Waals surface area contributed by atoms with E-state index < -0.39 is 5.97 Å². The normalized spacial score (nSPS) is 15.0. The Morgan fingerprint density at radius 3 is 2.44 bits per heavy atom. The molecule has 0 aliphatic carbocycles. The smallest absolute Gasteiger partial charge is 0.363 e. The number of rotatable bonds is 6. The van der Waals surface area contributed by atoms with Crippen molar-refractivity contribution in [3.63, 3.8) is 0 Å². The van der Waals surface area contributed by atoms with E-state index in [-0.39, 0.29) is 5.70 Å². The Morgan fingerprint density at radius 1 is 1.00 bits per heavy atom. The molecule has 5 nitrogen and oxygen atoms in total. The number of ether oxygens (including phenoxy) is 3. The van der Waals surface area contributed by atoms with Crippen LogP contribution in [0, 0.1) is 0 Å². The molecule has 1 aliphatic heterocycles. The van der Waals surface area contributed by atoms with Gasteiger partial charge in [0.1, 0.15) is 0 Å². The topological polar surface area (TPSA) is 57.1 Å². The lowest BCUT2D eigenvalue weighted by molar-refractivity contribution is -0.129. The van der Waals surface area contributed by atoms with Crippen LogP contribution in [0.1, 0.15) is 25.0 Å². The van der Waals surface area contributed by atoms with Crippen LogP contribution in [0.2, 0.25) is 0 Å². The molecular weight excluding hydrogens is 318 g/mol. The first kappa shape index (κ1) is 16.8. The van der Waals surface area contributed by atoms with E-state index >= 15 is 0 Å². The maximum atomic E-state index is 12.1. The number of esters is 1. The molecule has 0 atom stereocenters. The average Bonchev–Trinajstić information content (AvgIpc) is 2.99. The second-order valence-corrected chi connectivity index (χ2v) is 5.27. The maximum absolute atomic E-state index is 12.1. The minimum absolute atomic E-state index is 0.255. The molecule has 0 radical (unpaired) electrons. The number of hydrogen-bond donors (Lipinski definition) is 0. The van der Waals surface area contributed by atoms with Crippen LogP contribution in [0.5, 0.6) is 11.5 Å². The minimum Gasteiger partial charge on any atom is -0.490 e. The first-order chi connectivity index (χ1) is 12.2. The van der Waals surface area contributed by atoms with Crippen molar-refractivity contribution in [2.24, 2.45) is 4.99 Å². The van der Waals surface area contributed by atoms with E-state index in [9.17, 15) is 4.79 Å². The summed E-state index contributed by atoms with van der Waals surface area (Å²) in [6, 6.07) is 14.8. The quantitative estimate of drug-likeness (QED) is 0.594. The van der Waals surface area contributed by atoms with Crippen LogP contribution in [0.3, 0.4) is 0 Å². The van der Waals surface area contributed by atoms with Gasteiger partial charge in [-0.2, -0.15) is 0 Å². The predicted octanol–water partition coefficient (Wildman–Crippen LogP) is 3.83. The van der Waals surface area contributed by atoms with Crippen molar-refractivity contribution in [1.82, 2.24) is 0 Å². The molecule has 0 fully saturated rings. The van der Waals surface area contributed by atoms with Crippen molar-refractivity contribution in [2.75, 3.05) is 13.2 Å². The van der Waals surface area contributed by atoms with Gasteiger partial charge in [0.15, 0.2) is 17.2 Å². The lowest BCUT2D eigenvalue weighted by atomic mass is 10.1. The molecule has 0 spiro atoms. The van der Waals surface area contributed by atoms with Gasteiger partial charge in [0.25, 0.3) is 0 Å². The molecule has 25 heavy (non-hydrogen) atoms. The van der Waals surface area contributed by atoms with Gasteiger partial charge >= 0.3 is 5.97 Å². The molecular formula is C20H19NO4. The molecule has 5 heteroatoms. The Balaban J connectivity index is 1.90. The highest BCUT2D eigenvalue weighted by Crippen LogP contribution is 2.30. The number of aliphatic imine (C=N–C) groups is 1. The summed E-state index contributed by atoms with van der Waals surface area (Å²) < 4.78 is 16.4. The molecule has 0 unspecified atom stereocenters. The second kappa shape index (κ2) is 7.66. The van der Waals surface area contributed by atoms with Crippen LogP contribution >= 0.6 is 0 Å². The number of hydrogen-bond acceptors (Lipinski definition) is 5. The predicted molar refractivity (Wildman–Crippen MR) is 95.8 cm³/mol. The summed E-state index contributed by atoms with van der Waals surface area (Å²) in [6.07, 6.45) is 1.68. The van der Waals surface area contributed by atoms with E-state index in [4.69, 9.17) is 14.2 Å². The third kappa shape index (κ3) is 3.88. The molecule has 0 bridgehead atoms. The largest absolute Gasteiger partial charge is 0.490 e.